The molecule has 0 spiro atoms. The molecule has 4 aromatic carbocycles. The summed E-state index contributed by atoms with van der Waals surface area (Å²) in [5.41, 5.74) is 2.38. The minimum absolute atomic E-state index is 0.0549. The Balaban J connectivity index is 1.84. The highest BCUT2D eigenvalue weighted by atomic mass is 19.1. The van der Waals surface area contributed by atoms with Gasteiger partial charge in [-0.15, -0.1) is 0 Å². The van der Waals surface area contributed by atoms with Crippen molar-refractivity contribution in [2.24, 2.45) is 0 Å². The van der Waals surface area contributed by atoms with Gasteiger partial charge in [0.15, 0.2) is 11.6 Å². The summed E-state index contributed by atoms with van der Waals surface area (Å²) in [5, 5.41) is 0. The topological polar surface area (TPSA) is 34.1 Å². The Bertz CT molecular complexity index is 1320. The van der Waals surface area contributed by atoms with Gasteiger partial charge in [-0.05, 0) is 42.0 Å². The van der Waals surface area contributed by atoms with Crippen molar-refractivity contribution in [2.45, 2.75) is 0 Å². The Morgan fingerprint density at radius 1 is 0.636 bits per heavy atom. The molecule has 4 rings (SSSR count). The molecule has 0 fully saturated rings. The van der Waals surface area contributed by atoms with Gasteiger partial charge in [0.05, 0.1) is 5.57 Å². The van der Waals surface area contributed by atoms with Gasteiger partial charge in [-0.25, -0.2) is 4.39 Å². The molecule has 0 radical (unpaired) electrons. The molecule has 3 heteroatoms. The summed E-state index contributed by atoms with van der Waals surface area (Å²) >= 11 is 0. The molecule has 0 aliphatic carbocycles. The number of carbonyl (C=O) groups is 2. The van der Waals surface area contributed by atoms with E-state index >= 15 is 0 Å². The zero-order chi connectivity index (χ0) is 23.0. The molecule has 0 unspecified atom stereocenters. The van der Waals surface area contributed by atoms with E-state index in [2.05, 4.69) is 11.8 Å². The fourth-order valence-electron chi connectivity index (χ4n) is 3.31. The number of halogens is 1. The molecule has 0 saturated heterocycles. The van der Waals surface area contributed by atoms with Crippen LogP contribution in [0.15, 0.2) is 115 Å². The molecule has 0 N–H and O–H groups in total. The molecule has 0 aliphatic rings. The maximum absolute atomic E-state index is 14.2. The van der Waals surface area contributed by atoms with Crippen LogP contribution in [0, 0.1) is 17.7 Å². The van der Waals surface area contributed by atoms with Crippen LogP contribution in [0.3, 0.4) is 0 Å². The number of hydrogen-bond donors (Lipinski definition) is 0. The second-order valence-electron chi connectivity index (χ2n) is 7.30. The number of benzene rings is 4. The minimum Gasteiger partial charge on any atom is -0.288 e. The molecule has 0 bridgehead atoms. The van der Waals surface area contributed by atoms with Crippen molar-refractivity contribution in [3.05, 3.63) is 148 Å². The molecular weight excluding hydrogens is 411 g/mol. The van der Waals surface area contributed by atoms with Gasteiger partial charge in [-0.3, -0.25) is 9.59 Å². The summed E-state index contributed by atoms with van der Waals surface area (Å²) in [6.45, 7) is 0. The van der Waals surface area contributed by atoms with Crippen LogP contribution in [0.5, 0.6) is 0 Å². The van der Waals surface area contributed by atoms with Crippen LogP contribution in [0.2, 0.25) is 0 Å². The molecule has 0 aliphatic heterocycles. The zero-order valence-corrected chi connectivity index (χ0v) is 17.7. The maximum atomic E-state index is 14.2. The molecule has 0 heterocycles. The third-order valence-electron chi connectivity index (χ3n) is 4.99. The summed E-state index contributed by atoms with van der Waals surface area (Å²) in [5.74, 6) is 4.73. The lowest BCUT2D eigenvalue weighted by molar-refractivity contribution is 0.0964. The first-order valence-corrected chi connectivity index (χ1v) is 10.4. The highest BCUT2D eigenvalue weighted by Gasteiger charge is 2.21. The van der Waals surface area contributed by atoms with E-state index in [4.69, 9.17) is 0 Å². The summed E-state index contributed by atoms with van der Waals surface area (Å²) in [6, 6.07) is 30.7. The third-order valence-corrected chi connectivity index (χ3v) is 4.99. The fraction of sp³-hybridized carbons (Fsp3) is 0. The summed E-state index contributed by atoms with van der Waals surface area (Å²) < 4.78 is 14.2. The van der Waals surface area contributed by atoms with E-state index in [0.717, 1.165) is 5.56 Å². The number of rotatable bonds is 5. The Morgan fingerprint density at radius 2 is 1.15 bits per heavy atom. The first-order valence-electron chi connectivity index (χ1n) is 10.4. The van der Waals surface area contributed by atoms with Crippen LogP contribution in [-0.2, 0) is 0 Å². The minimum atomic E-state index is -0.481. The molecule has 0 atom stereocenters. The van der Waals surface area contributed by atoms with Gasteiger partial charge < -0.3 is 0 Å². The second kappa shape index (κ2) is 10.2. The van der Waals surface area contributed by atoms with Crippen molar-refractivity contribution >= 4 is 17.6 Å². The number of hydrogen-bond acceptors (Lipinski definition) is 2. The highest BCUT2D eigenvalue weighted by Crippen LogP contribution is 2.21. The van der Waals surface area contributed by atoms with Gasteiger partial charge in [0.1, 0.15) is 5.82 Å². The average molecular weight is 430 g/mol. The quantitative estimate of drug-likeness (QED) is 0.121. The summed E-state index contributed by atoms with van der Waals surface area (Å²) in [7, 11) is 0. The maximum Gasteiger partial charge on any atom is 0.196 e. The highest BCUT2D eigenvalue weighted by molar-refractivity contribution is 6.33. The Hall–Kier alpha value is -4.55. The monoisotopic (exact) mass is 430 g/mol. The van der Waals surface area contributed by atoms with Gasteiger partial charge in [-0.1, -0.05) is 90.7 Å². The molecule has 0 saturated carbocycles. The molecular formula is C30H19FO2. The van der Waals surface area contributed by atoms with Gasteiger partial charge in [0.2, 0.25) is 0 Å². The lowest BCUT2D eigenvalue weighted by Crippen LogP contribution is -2.14. The van der Waals surface area contributed by atoms with E-state index < -0.39 is 17.4 Å². The predicted molar refractivity (Wildman–Crippen MR) is 128 cm³/mol. The van der Waals surface area contributed by atoms with Gasteiger partial charge >= 0.3 is 0 Å². The number of carbonyl (C=O) groups excluding carboxylic acids is 2. The van der Waals surface area contributed by atoms with Crippen LogP contribution < -0.4 is 0 Å². The Morgan fingerprint density at radius 3 is 1.70 bits per heavy atom. The third kappa shape index (κ3) is 5.39. The second-order valence-corrected chi connectivity index (χ2v) is 7.30. The largest absolute Gasteiger partial charge is 0.288 e. The number of allylic oxidation sites excluding steroid dienone is 1. The van der Waals surface area contributed by atoms with Crippen molar-refractivity contribution in [2.75, 3.05) is 0 Å². The molecule has 0 aromatic heterocycles. The fourth-order valence-corrected chi connectivity index (χ4v) is 3.31. The average Bonchev–Trinajstić information content (AvgIpc) is 2.87. The van der Waals surface area contributed by atoms with Crippen LogP contribution in [0.1, 0.15) is 37.4 Å². The number of Topliss-reactive ketones (excluding diaryl/α,β-unsaturated/α-hetero) is 2. The standard InChI is InChI=1S/C30H19FO2/c31-27-19-18-23(17-16-22-10-4-1-5-11-22)26(20-27)21-28(29(32)24-12-6-2-7-13-24)30(33)25-14-8-3-9-15-25/h1-15,18-21H. The van der Waals surface area contributed by atoms with Crippen molar-refractivity contribution < 1.29 is 14.0 Å². The predicted octanol–water partition coefficient (Wildman–Crippen LogP) is 6.37. The van der Waals surface area contributed by atoms with Crippen LogP contribution in [-0.4, -0.2) is 11.6 Å². The molecule has 4 aromatic rings. The van der Waals surface area contributed by atoms with E-state index in [9.17, 15) is 14.0 Å². The van der Waals surface area contributed by atoms with E-state index in [-0.39, 0.29) is 5.57 Å². The lowest BCUT2D eigenvalue weighted by atomic mass is 9.93. The normalized spacial score (nSPS) is 9.97. The van der Waals surface area contributed by atoms with Crippen LogP contribution in [0.25, 0.3) is 6.08 Å². The number of ketones is 2. The van der Waals surface area contributed by atoms with Gasteiger partial charge in [0.25, 0.3) is 0 Å². The van der Waals surface area contributed by atoms with E-state index in [1.54, 1.807) is 66.7 Å². The van der Waals surface area contributed by atoms with E-state index in [1.807, 2.05) is 30.3 Å². The van der Waals surface area contributed by atoms with Crippen LogP contribution in [0.4, 0.5) is 4.39 Å². The summed E-state index contributed by atoms with van der Waals surface area (Å²) in [6.07, 6.45) is 1.43. The van der Waals surface area contributed by atoms with Crippen LogP contribution >= 0.6 is 0 Å². The van der Waals surface area contributed by atoms with Crippen molar-refractivity contribution in [1.82, 2.24) is 0 Å². The first kappa shape index (κ1) is 21.7. The van der Waals surface area contributed by atoms with Gasteiger partial charge in [0, 0.05) is 22.3 Å². The zero-order valence-electron chi connectivity index (χ0n) is 17.7. The SMILES string of the molecule is O=C(C(=Cc1cc(F)ccc1C#Cc1ccccc1)C(=O)c1ccccc1)c1ccccc1. The Kier molecular flexibility index (Phi) is 6.68. The van der Waals surface area contributed by atoms with E-state index in [1.165, 1.54) is 18.2 Å². The Labute approximate surface area is 192 Å². The molecule has 158 valence electrons. The molecule has 2 nitrogen and oxygen atoms in total. The molecule has 0 amide bonds. The van der Waals surface area contributed by atoms with Crippen molar-refractivity contribution in [3.8, 4) is 11.8 Å². The van der Waals surface area contributed by atoms with Crippen molar-refractivity contribution in [3.63, 3.8) is 0 Å². The summed E-state index contributed by atoms with van der Waals surface area (Å²) in [4.78, 5) is 26.6. The first-order chi connectivity index (χ1) is 16.1. The lowest BCUT2D eigenvalue weighted by Gasteiger charge is -2.08. The van der Waals surface area contributed by atoms with E-state index in [0.29, 0.717) is 22.3 Å². The molecule has 33 heavy (non-hydrogen) atoms. The van der Waals surface area contributed by atoms with Crippen molar-refractivity contribution in [1.29, 1.82) is 0 Å². The smallest absolute Gasteiger partial charge is 0.196 e. The van der Waals surface area contributed by atoms with Gasteiger partial charge in [-0.2, -0.15) is 0 Å².